The van der Waals surface area contributed by atoms with Crippen LogP contribution in [0.25, 0.3) is 0 Å². The van der Waals surface area contributed by atoms with Crippen LogP contribution in [-0.4, -0.2) is 0 Å². The van der Waals surface area contributed by atoms with E-state index in [2.05, 4.69) is 0 Å². The molecule has 0 atom stereocenters. The van der Waals surface area contributed by atoms with Crippen molar-refractivity contribution < 1.29 is 37.6 Å². The first-order valence-corrected chi connectivity index (χ1v) is 0. The van der Waals surface area contributed by atoms with Crippen molar-refractivity contribution in [2.45, 2.75) is 7.43 Å². The number of hydrogen-bond acceptors (Lipinski definition) is 0. The maximum atomic E-state index is 0. The maximum Gasteiger partial charge on any atom is -0.0776 e. The second-order valence-electron chi connectivity index (χ2n) is 0. The Morgan fingerprint density at radius 1 is 0.222 bits per heavy atom. The van der Waals surface area contributed by atoms with Gasteiger partial charge in [-0.2, -0.15) is 0 Å². The summed E-state index contributed by atoms with van der Waals surface area (Å²) >= 11 is 0. The zero-order chi connectivity index (χ0) is 0. The van der Waals surface area contributed by atoms with E-state index in [1.807, 2.05) is 0 Å². The van der Waals surface area contributed by atoms with Gasteiger partial charge in [-0.15, -0.1) is 0 Å². The monoisotopic (exact) mass is 176 g/mol. The lowest BCUT2D eigenvalue weighted by Crippen LogP contribution is 0.144. The Bertz CT molecular complexity index is 4.53. The van der Waals surface area contributed by atoms with Gasteiger partial charge in [0.15, 0.2) is 0 Å². The molecule has 0 aliphatic carbocycles. The molecule has 8 heteroatoms. The second-order valence-corrected chi connectivity index (χ2v) is 0. The fourth-order valence-corrected chi connectivity index (χ4v) is 0. The average molecular weight is 176 g/mol. The van der Waals surface area contributed by atoms with Crippen LogP contribution in [0.1, 0.15) is 7.43 Å². The van der Waals surface area contributed by atoms with Crippen LogP contribution in [0, 0.1) is 0 Å². The molecule has 0 aromatic rings. The van der Waals surface area contributed by atoms with Crippen LogP contribution in [0.15, 0.2) is 0 Å². The Morgan fingerprint density at radius 2 is 0.222 bits per heavy atom. The van der Waals surface area contributed by atoms with Crippen molar-refractivity contribution in [1.82, 2.24) is 0 Å². The molecule has 0 aromatic carbocycles. The average Bonchev–Trinajstić information content (AvgIpc) is 0. The van der Waals surface area contributed by atoms with Gasteiger partial charge in [-0.1, -0.05) is 7.43 Å². The van der Waals surface area contributed by atoms with Gasteiger partial charge in [0.1, 0.15) is 0 Å². The van der Waals surface area contributed by atoms with Crippen LogP contribution >= 0.6 is 0 Å². The molecular formula is CH12F8. The molecule has 0 rings (SSSR count). The molecular weight excluding hydrogens is 164 g/mol. The molecule has 0 aliphatic heterocycles. The highest BCUT2D eigenvalue weighted by Gasteiger charge is -0.0775. The Morgan fingerprint density at radius 3 is 0.222 bits per heavy atom. The summed E-state index contributed by atoms with van der Waals surface area (Å²) in [6, 6.07) is 0. The predicted molar refractivity (Wildman–Crippen MR) is 26.8 cm³/mol. The SMILES string of the molecule is C.F.F.F.F.F.F.F.F. The molecule has 0 unspecified atom stereocenters. The van der Waals surface area contributed by atoms with Crippen molar-refractivity contribution in [3.63, 3.8) is 0 Å². The summed E-state index contributed by atoms with van der Waals surface area (Å²) in [7, 11) is 0. The van der Waals surface area contributed by atoms with E-state index in [9.17, 15) is 0 Å². The molecule has 72 valence electrons. The van der Waals surface area contributed by atoms with Crippen molar-refractivity contribution >= 4 is 0 Å². The molecule has 0 nitrogen and oxygen atoms in total. The first-order valence-electron chi connectivity index (χ1n) is 0. The van der Waals surface area contributed by atoms with Crippen LogP contribution in [-0.2, 0) is 0 Å². The zero-order valence-electron chi connectivity index (χ0n) is 3.27. The van der Waals surface area contributed by atoms with Crippen molar-refractivity contribution in [3.8, 4) is 0 Å². The highest BCUT2D eigenvalue weighted by molar-refractivity contribution is 2.50. The number of halogens is 8. The normalized spacial score (nSPS) is 0. The lowest BCUT2D eigenvalue weighted by atomic mass is 12.0. The van der Waals surface area contributed by atoms with E-state index in [-0.39, 0.29) is 45.1 Å². The fourth-order valence-electron chi connectivity index (χ4n) is 0. The van der Waals surface area contributed by atoms with Gasteiger partial charge in [0.05, 0.1) is 0 Å². The van der Waals surface area contributed by atoms with Crippen LogP contribution in [0.4, 0.5) is 37.6 Å². The minimum absolute atomic E-state index is 0. The van der Waals surface area contributed by atoms with Gasteiger partial charge in [0.25, 0.3) is 0 Å². The summed E-state index contributed by atoms with van der Waals surface area (Å²) in [6.07, 6.45) is 0. The van der Waals surface area contributed by atoms with Gasteiger partial charge in [-0.25, -0.2) is 0 Å². The smallest absolute Gasteiger partial charge is 0.0776 e. The summed E-state index contributed by atoms with van der Waals surface area (Å²) < 4.78 is 0. The van der Waals surface area contributed by atoms with Gasteiger partial charge >= 0.3 is 0 Å². The molecule has 0 saturated carbocycles. The minimum Gasteiger partial charge on any atom is -0.269 e. The van der Waals surface area contributed by atoms with Crippen molar-refractivity contribution in [3.05, 3.63) is 0 Å². The third-order valence-electron chi connectivity index (χ3n) is 0. The summed E-state index contributed by atoms with van der Waals surface area (Å²) in [5.41, 5.74) is 0. The Kier molecular flexibility index (Phi) is 163000. The predicted octanol–water partition coefficient (Wildman–Crippen LogP) is 1.86. The highest BCUT2D eigenvalue weighted by atomic mass is 19.0. The third kappa shape index (κ3) is 702. The first-order chi connectivity index (χ1) is 0. The number of rotatable bonds is 0. The molecule has 0 saturated heterocycles. The van der Waals surface area contributed by atoms with Gasteiger partial charge in [0, 0.05) is 0 Å². The van der Waals surface area contributed by atoms with E-state index in [1.54, 1.807) is 0 Å². The first kappa shape index (κ1) is 1490. The van der Waals surface area contributed by atoms with E-state index in [0.29, 0.717) is 0 Å². The summed E-state index contributed by atoms with van der Waals surface area (Å²) in [5.74, 6) is 0. The van der Waals surface area contributed by atoms with Gasteiger partial charge in [-0.3, -0.25) is 37.6 Å². The molecule has 0 bridgehead atoms. The van der Waals surface area contributed by atoms with E-state index in [0.717, 1.165) is 0 Å². The summed E-state index contributed by atoms with van der Waals surface area (Å²) in [5, 5.41) is 0. The van der Waals surface area contributed by atoms with E-state index >= 15 is 0 Å². The largest absolute Gasteiger partial charge is 0.269 e. The molecule has 9 heavy (non-hydrogen) atoms. The molecule has 0 aromatic heterocycles. The second kappa shape index (κ2) is 984. The molecule has 0 heterocycles. The summed E-state index contributed by atoms with van der Waals surface area (Å²) in [4.78, 5) is 0. The number of hydrogen-bond donors (Lipinski definition) is 0. The Balaban J connectivity index is 0. The van der Waals surface area contributed by atoms with Crippen LogP contribution < -0.4 is 0 Å². The van der Waals surface area contributed by atoms with E-state index in [4.69, 9.17) is 0 Å². The van der Waals surface area contributed by atoms with Crippen LogP contribution in [0.2, 0.25) is 0 Å². The van der Waals surface area contributed by atoms with Crippen LogP contribution in [0.5, 0.6) is 0 Å². The molecule has 0 fully saturated rings. The fraction of sp³-hybridized carbons (Fsp3) is 1.00. The lowest BCUT2D eigenvalue weighted by molar-refractivity contribution is 1.11. The van der Waals surface area contributed by atoms with E-state index in [1.165, 1.54) is 0 Å². The third-order valence-corrected chi connectivity index (χ3v) is 0. The van der Waals surface area contributed by atoms with Crippen molar-refractivity contribution in [2.24, 2.45) is 0 Å². The van der Waals surface area contributed by atoms with Gasteiger partial charge < -0.3 is 0 Å². The summed E-state index contributed by atoms with van der Waals surface area (Å²) in [6.45, 7) is 0. The quantitative estimate of drug-likeness (QED) is 0.494. The lowest BCUT2D eigenvalue weighted by Gasteiger charge is -0.270. The molecule has 0 amide bonds. The van der Waals surface area contributed by atoms with Gasteiger partial charge in [0.2, 0.25) is 0 Å². The molecule has 0 spiro atoms. The maximum absolute atomic E-state index is 0. The Hall–Kier alpha value is -0.560. The van der Waals surface area contributed by atoms with E-state index < -0.39 is 0 Å². The Labute approximate surface area is 46.6 Å². The molecule has 0 N–H and O–H groups in total. The van der Waals surface area contributed by atoms with Crippen LogP contribution in [0.3, 0.4) is 0 Å². The minimum atomic E-state index is 0. The molecule has 0 aliphatic rings. The topological polar surface area (TPSA) is 0 Å². The van der Waals surface area contributed by atoms with Crippen molar-refractivity contribution in [2.75, 3.05) is 0 Å². The molecule has 0 radical (unpaired) electrons. The van der Waals surface area contributed by atoms with Crippen molar-refractivity contribution in [1.29, 1.82) is 0 Å². The van der Waals surface area contributed by atoms with Gasteiger partial charge in [-0.05, 0) is 0 Å². The standard InChI is InChI=1S/CH4.8FH/h1H4;8*1H. The highest BCUT2D eigenvalue weighted by Crippen LogP contribution is 0.427. The zero-order valence-corrected chi connectivity index (χ0v) is 3.27.